The lowest BCUT2D eigenvalue weighted by Crippen LogP contribution is -2.54. The average molecular weight is 388 g/mol. The number of carbonyl (C=O) groups excluding carboxylic acids is 2. The summed E-state index contributed by atoms with van der Waals surface area (Å²) in [5, 5.41) is 12.8. The van der Waals surface area contributed by atoms with Crippen molar-refractivity contribution in [2.75, 3.05) is 11.1 Å². The van der Waals surface area contributed by atoms with Crippen molar-refractivity contribution in [2.45, 2.75) is 44.6 Å². The van der Waals surface area contributed by atoms with Crippen molar-refractivity contribution in [1.29, 1.82) is 0 Å². The van der Waals surface area contributed by atoms with Crippen LogP contribution in [0, 0.1) is 6.92 Å². The van der Waals surface area contributed by atoms with Gasteiger partial charge in [-0.1, -0.05) is 48.3 Å². The van der Waals surface area contributed by atoms with Crippen LogP contribution >= 0.6 is 11.8 Å². The molecule has 1 aliphatic heterocycles. The van der Waals surface area contributed by atoms with Gasteiger partial charge < -0.3 is 9.84 Å². The van der Waals surface area contributed by atoms with Gasteiger partial charge in [-0.2, -0.15) is 0 Å². The van der Waals surface area contributed by atoms with Crippen molar-refractivity contribution in [2.24, 2.45) is 0 Å². The summed E-state index contributed by atoms with van der Waals surface area (Å²) < 4.78 is 5.20. The first-order chi connectivity index (χ1) is 13.0. The van der Waals surface area contributed by atoms with E-state index < -0.39 is 0 Å². The summed E-state index contributed by atoms with van der Waals surface area (Å²) in [5.74, 6) is 0.319. The Bertz CT molecular complexity index is 791. The molecular formula is C19H24N4O3S. The first kappa shape index (κ1) is 19.4. The number of aryl methyl sites for hydroxylation is 1. The van der Waals surface area contributed by atoms with E-state index in [1.54, 1.807) is 6.20 Å². The predicted octanol–water partition coefficient (Wildman–Crippen LogP) is 2.88. The third-order valence-corrected chi connectivity index (χ3v) is 5.33. The molecule has 1 aromatic carbocycles. The number of carbonyl (C=O) groups is 2. The molecule has 0 radical (unpaired) electrons. The third-order valence-electron chi connectivity index (χ3n) is 4.32. The van der Waals surface area contributed by atoms with E-state index in [-0.39, 0.29) is 29.1 Å². The van der Waals surface area contributed by atoms with Gasteiger partial charge in [0.15, 0.2) is 0 Å². The average Bonchev–Trinajstić information content (AvgIpc) is 3.08. The maximum Gasteiger partial charge on any atom is 0.239 e. The summed E-state index contributed by atoms with van der Waals surface area (Å²) in [7, 11) is 0. The third kappa shape index (κ3) is 5.33. The Morgan fingerprint density at radius 3 is 2.89 bits per heavy atom. The molecule has 2 unspecified atom stereocenters. The van der Waals surface area contributed by atoms with E-state index in [4.69, 9.17) is 4.52 Å². The summed E-state index contributed by atoms with van der Waals surface area (Å²) in [6.07, 6.45) is 4.02. The van der Waals surface area contributed by atoms with Crippen LogP contribution in [0.1, 0.15) is 31.7 Å². The van der Waals surface area contributed by atoms with Crippen LogP contribution in [0.25, 0.3) is 11.1 Å². The van der Waals surface area contributed by atoms with Crippen LogP contribution < -0.4 is 16.0 Å². The Labute approximate surface area is 162 Å². The van der Waals surface area contributed by atoms with Gasteiger partial charge in [0, 0.05) is 12.5 Å². The Morgan fingerprint density at radius 2 is 2.15 bits per heavy atom. The monoisotopic (exact) mass is 388 g/mol. The number of nitrogens with one attached hydrogen (secondary N) is 3. The van der Waals surface area contributed by atoms with Crippen molar-refractivity contribution in [3.05, 3.63) is 36.0 Å². The van der Waals surface area contributed by atoms with Crippen molar-refractivity contribution in [1.82, 2.24) is 15.8 Å². The molecule has 2 atom stereocenters. The van der Waals surface area contributed by atoms with Crippen molar-refractivity contribution in [3.8, 4) is 11.1 Å². The molecule has 1 saturated heterocycles. The van der Waals surface area contributed by atoms with Gasteiger partial charge in [-0.15, -0.1) is 11.8 Å². The Hall–Kier alpha value is -2.32. The van der Waals surface area contributed by atoms with E-state index in [9.17, 15) is 9.59 Å². The molecule has 1 aliphatic rings. The smallest absolute Gasteiger partial charge is 0.239 e. The van der Waals surface area contributed by atoms with Crippen LogP contribution in [0.5, 0.6) is 0 Å². The summed E-state index contributed by atoms with van der Waals surface area (Å²) in [6.45, 7) is 4.10. The number of thioether (sulfide) groups is 1. The Kier molecular flexibility index (Phi) is 6.52. The number of anilines is 1. The minimum absolute atomic E-state index is 0.0157. The van der Waals surface area contributed by atoms with Gasteiger partial charge in [-0.05, 0) is 18.9 Å². The molecule has 0 aliphatic carbocycles. The molecule has 2 amide bonds. The van der Waals surface area contributed by atoms with Gasteiger partial charge in [0.25, 0.3) is 0 Å². The fourth-order valence-corrected chi connectivity index (χ4v) is 3.85. The zero-order valence-corrected chi connectivity index (χ0v) is 16.3. The second kappa shape index (κ2) is 9.05. The van der Waals surface area contributed by atoms with Crippen molar-refractivity contribution >= 4 is 29.5 Å². The lowest BCUT2D eigenvalue weighted by molar-refractivity contribution is -0.123. The number of amides is 2. The molecule has 3 rings (SSSR count). The predicted molar refractivity (Wildman–Crippen MR) is 106 cm³/mol. The van der Waals surface area contributed by atoms with E-state index >= 15 is 0 Å². The van der Waals surface area contributed by atoms with Gasteiger partial charge in [-0.25, -0.2) is 0 Å². The van der Waals surface area contributed by atoms with Crippen LogP contribution in [0.3, 0.4) is 0 Å². The molecule has 144 valence electrons. The van der Waals surface area contributed by atoms with Crippen molar-refractivity contribution < 1.29 is 14.1 Å². The number of benzene rings is 1. The van der Waals surface area contributed by atoms with Crippen LogP contribution in [-0.2, 0) is 9.59 Å². The molecule has 0 bridgehead atoms. The quantitative estimate of drug-likeness (QED) is 0.675. The number of hydrogen-bond donors (Lipinski definition) is 3. The van der Waals surface area contributed by atoms with Crippen LogP contribution in [0.4, 0.5) is 5.88 Å². The van der Waals surface area contributed by atoms with E-state index in [1.807, 2.05) is 31.2 Å². The molecule has 2 aromatic rings. The largest absolute Gasteiger partial charge is 0.338 e. The highest BCUT2D eigenvalue weighted by molar-refractivity contribution is 8.00. The molecule has 0 saturated carbocycles. The van der Waals surface area contributed by atoms with E-state index in [0.29, 0.717) is 12.3 Å². The maximum absolute atomic E-state index is 12.3. The standard InChI is InChI=1S/C19H24N4O3S/c1-3-4-14-9-16(24)23-19(21-14)27-11-17(25)22-18-15(10-20-26-18)13-7-5-12(2)6-8-13/h5-8,10,14,19,21H,3-4,9,11H2,1-2H3,(H,22,25)(H,23,24). The number of aromatic nitrogens is 1. The highest BCUT2D eigenvalue weighted by atomic mass is 32.2. The summed E-state index contributed by atoms with van der Waals surface area (Å²) in [4.78, 5) is 24.1. The van der Waals surface area contributed by atoms with Crippen molar-refractivity contribution in [3.63, 3.8) is 0 Å². The van der Waals surface area contributed by atoms with Crippen LogP contribution in [-0.4, -0.2) is 34.3 Å². The summed E-state index contributed by atoms with van der Waals surface area (Å²) in [5.41, 5.74) is 2.55. The highest BCUT2D eigenvalue weighted by Crippen LogP contribution is 2.28. The van der Waals surface area contributed by atoms with Gasteiger partial charge >= 0.3 is 0 Å². The molecule has 27 heavy (non-hydrogen) atoms. The van der Waals surface area contributed by atoms with Gasteiger partial charge in [0.1, 0.15) is 5.50 Å². The zero-order chi connectivity index (χ0) is 19.2. The molecule has 0 spiro atoms. The number of hydrogen-bond acceptors (Lipinski definition) is 6. The number of nitrogens with zero attached hydrogens (tertiary/aromatic N) is 1. The second-order valence-electron chi connectivity index (χ2n) is 6.60. The van der Waals surface area contributed by atoms with Crippen LogP contribution in [0.2, 0.25) is 0 Å². The summed E-state index contributed by atoms with van der Waals surface area (Å²) in [6, 6.07) is 8.07. The molecule has 3 N–H and O–H groups in total. The van der Waals surface area contributed by atoms with Gasteiger partial charge in [0.05, 0.1) is 17.5 Å². The zero-order valence-electron chi connectivity index (χ0n) is 15.5. The highest BCUT2D eigenvalue weighted by Gasteiger charge is 2.26. The molecule has 2 heterocycles. The Balaban J connectivity index is 1.55. The topological polar surface area (TPSA) is 96.3 Å². The first-order valence-corrected chi connectivity index (χ1v) is 10.1. The van der Waals surface area contributed by atoms with E-state index in [0.717, 1.165) is 29.5 Å². The molecule has 8 heteroatoms. The lowest BCUT2D eigenvalue weighted by atomic mass is 10.1. The van der Waals surface area contributed by atoms with Gasteiger partial charge in [-0.3, -0.25) is 20.2 Å². The normalized spacial score (nSPS) is 19.6. The Morgan fingerprint density at radius 1 is 1.37 bits per heavy atom. The first-order valence-electron chi connectivity index (χ1n) is 9.03. The molecule has 1 aromatic heterocycles. The molecule has 7 nitrogen and oxygen atoms in total. The molecule has 1 fully saturated rings. The minimum Gasteiger partial charge on any atom is -0.338 e. The van der Waals surface area contributed by atoms with Crippen LogP contribution in [0.15, 0.2) is 35.0 Å². The maximum atomic E-state index is 12.3. The minimum atomic E-state index is -0.264. The second-order valence-corrected chi connectivity index (χ2v) is 7.69. The fourth-order valence-electron chi connectivity index (χ4n) is 2.96. The van der Waals surface area contributed by atoms with Gasteiger partial charge in [0.2, 0.25) is 17.7 Å². The SMILES string of the molecule is CCCC1CC(=O)NC(SCC(=O)Nc2oncc2-c2ccc(C)cc2)N1. The number of rotatable bonds is 7. The van der Waals surface area contributed by atoms with E-state index in [2.05, 4.69) is 28.0 Å². The summed E-state index contributed by atoms with van der Waals surface area (Å²) >= 11 is 1.35. The fraction of sp³-hybridized carbons (Fsp3) is 0.421. The molecular weight excluding hydrogens is 364 g/mol. The van der Waals surface area contributed by atoms with E-state index in [1.165, 1.54) is 11.8 Å². The lowest BCUT2D eigenvalue weighted by Gasteiger charge is -2.30.